The smallest absolute Gasteiger partial charge is 0.0991 e. The third-order valence-corrected chi connectivity index (χ3v) is 1.46. The quantitative estimate of drug-likeness (QED) is 0.754. The molecule has 0 saturated carbocycles. The Labute approximate surface area is 78.0 Å². The first-order chi connectivity index (χ1) is 6.36. The van der Waals surface area contributed by atoms with Crippen LogP contribution in [0.4, 0.5) is 4.39 Å². The Bertz CT molecular complexity index is 261. The van der Waals surface area contributed by atoms with Crippen molar-refractivity contribution in [2.75, 3.05) is 14.2 Å². The minimum atomic E-state index is 0.500. The fraction of sp³-hybridized carbons (Fsp3) is 0.300. The summed E-state index contributed by atoms with van der Waals surface area (Å²) in [5.74, 6) is 0. The monoisotopic (exact) mass is 180 g/mol. The molecule has 0 saturated heterocycles. The zero-order chi connectivity index (χ0) is 10.1. The SMILES string of the molecule is CF.CNCc1ccc(C#N)cc1. The molecule has 1 aromatic carbocycles. The van der Waals surface area contributed by atoms with Crippen molar-refractivity contribution in [1.82, 2.24) is 5.32 Å². The van der Waals surface area contributed by atoms with E-state index < -0.39 is 0 Å². The molecule has 0 aliphatic heterocycles. The minimum Gasteiger partial charge on any atom is -0.316 e. The molecule has 1 rings (SSSR count). The summed E-state index contributed by atoms with van der Waals surface area (Å²) in [6.07, 6.45) is 0. The van der Waals surface area contributed by atoms with Gasteiger partial charge in [-0.2, -0.15) is 5.26 Å². The molecule has 0 fully saturated rings. The van der Waals surface area contributed by atoms with Crippen LogP contribution in [0, 0.1) is 11.3 Å². The molecule has 0 aromatic heterocycles. The third-order valence-electron chi connectivity index (χ3n) is 1.46. The highest BCUT2D eigenvalue weighted by molar-refractivity contribution is 5.31. The van der Waals surface area contributed by atoms with Gasteiger partial charge >= 0.3 is 0 Å². The van der Waals surface area contributed by atoms with Gasteiger partial charge in [0.2, 0.25) is 0 Å². The first-order valence-electron chi connectivity index (χ1n) is 3.88. The van der Waals surface area contributed by atoms with E-state index in [-0.39, 0.29) is 0 Å². The summed E-state index contributed by atoms with van der Waals surface area (Å²) in [6, 6.07) is 9.63. The normalized spacial score (nSPS) is 8.15. The van der Waals surface area contributed by atoms with Crippen molar-refractivity contribution >= 4 is 0 Å². The van der Waals surface area contributed by atoms with Gasteiger partial charge in [-0.25, -0.2) is 0 Å². The molecule has 0 aliphatic rings. The number of alkyl halides is 1. The Hall–Kier alpha value is -1.40. The first-order valence-corrected chi connectivity index (χ1v) is 3.88. The Morgan fingerprint density at radius 3 is 2.23 bits per heavy atom. The Morgan fingerprint density at radius 2 is 1.85 bits per heavy atom. The number of halogens is 1. The van der Waals surface area contributed by atoms with Crippen molar-refractivity contribution in [3.8, 4) is 6.07 Å². The number of rotatable bonds is 2. The lowest BCUT2D eigenvalue weighted by Crippen LogP contribution is -2.04. The topological polar surface area (TPSA) is 35.8 Å². The number of hydrogen-bond acceptors (Lipinski definition) is 2. The van der Waals surface area contributed by atoms with Crippen LogP contribution in [-0.2, 0) is 6.54 Å². The van der Waals surface area contributed by atoms with Crippen LogP contribution in [-0.4, -0.2) is 14.2 Å². The van der Waals surface area contributed by atoms with Gasteiger partial charge in [0.05, 0.1) is 18.8 Å². The van der Waals surface area contributed by atoms with Crippen molar-refractivity contribution in [3.63, 3.8) is 0 Å². The molecule has 2 nitrogen and oxygen atoms in total. The molecule has 0 radical (unpaired) electrons. The molecule has 1 aromatic rings. The second-order valence-corrected chi connectivity index (χ2v) is 2.34. The van der Waals surface area contributed by atoms with Crippen molar-refractivity contribution < 1.29 is 4.39 Å². The molecule has 0 atom stereocenters. The van der Waals surface area contributed by atoms with E-state index in [2.05, 4.69) is 11.4 Å². The van der Waals surface area contributed by atoms with Crippen LogP contribution in [0.25, 0.3) is 0 Å². The number of benzene rings is 1. The number of nitrogens with one attached hydrogen (secondary N) is 1. The van der Waals surface area contributed by atoms with Gasteiger partial charge in [-0.15, -0.1) is 0 Å². The van der Waals surface area contributed by atoms with E-state index in [0.29, 0.717) is 12.7 Å². The summed E-state index contributed by atoms with van der Waals surface area (Å²) >= 11 is 0. The molecule has 0 aliphatic carbocycles. The van der Waals surface area contributed by atoms with Gasteiger partial charge in [-0.3, -0.25) is 4.39 Å². The predicted molar refractivity (Wildman–Crippen MR) is 51.0 cm³/mol. The largest absolute Gasteiger partial charge is 0.316 e. The van der Waals surface area contributed by atoms with E-state index in [4.69, 9.17) is 5.26 Å². The lowest BCUT2D eigenvalue weighted by atomic mass is 10.1. The molecule has 0 bridgehead atoms. The number of hydrogen-bond donors (Lipinski definition) is 1. The van der Waals surface area contributed by atoms with Gasteiger partial charge in [0.15, 0.2) is 0 Å². The predicted octanol–water partition coefficient (Wildman–Crippen LogP) is 1.86. The number of nitrogens with zero attached hydrogens (tertiary/aromatic N) is 1. The summed E-state index contributed by atoms with van der Waals surface area (Å²) in [6.45, 7) is 0.853. The molecular formula is C10H13FN2. The fourth-order valence-electron chi connectivity index (χ4n) is 0.901. The molecule has 70 valence electrons. The minimum absolute atomic E-state index is 0.500. The Balaban J connectivity index is 0.000000671. The maximum atomic E-state index is 9.50. The average Bonchev–Trinajstić information content (AvgIpc) is 2.23. The zero-order valence-corrected chi connectivity index (χ0v) is 7.84. The Morgan fingerprint density at radius 1 is 1.31 bits per heavy atom. The third kappa shape index (κ3) is 4.24. The van der Waals surface area contributed by atoms with E-state index in [9.17, 15) is 4.39 Å². The highest BCUT2D eigenvalue weighted by atomic mass is 19.1. The molecule has 0 heterocycles. The van der Waals surface area contributed by atoms with Crippen LogP contribution < -0.4 is 5.32 Å². The lowest BCUT2D eigenvalue weighted by molar-refractivity contribution is 0.636. The molecule has 0 unspecified atom stereocenters. The van der Waals surface area contributed by atoms with Gasteiger partial charge in [0.25, 0.3) is 0 Å². The van der Waals surface area contributed by atoms with Gasteiger partial charge in [0, 0.05) is 6.54 Å². The highest BCUT2D eigenvalue weighted by Crippen LogP contribution is 2.01. The van der Waals surface area contributed by atoms with Crippen molar-refractivity contribution in [2.24, 2.45) is 0 Å². The molecule has 0 amide bonds. The molecule has 3 heteroatoms. The second-order valence-electron chi connectivity index (χ2n) is 2.34. The van der Waals surface area contributed by atoms with Gasteiger partial charge in [0.1, 0.15) is 0 Å². The Kier molecular flexibility index (Phi) is 6.48. The van der Waals surface area contributed by atoms with E-state index in [1.165, 1.54) is 5.56 Å². The summed E-state index contributed by atoms with van der Waals surface area (Å²) in [4.78, 5) is 0. The van der Waals surface area contributed by atoms with E-state index in [1.54, 1.807) is 0 Å². The van der Waals surface area contributed by atoms with Crippen molar-refractivity contribution in [1.29, 1.82) is 5.26 Å². The first kappa shape index (κ1) is 11.6. The van der Waals surface area contributed by atoms with Crippen LogP contribution in [0.5, 0.6) is 0 Å². The van der Waals surface area contributed by atoms with Crippen LogP contribution in [0.3, 0.4) is 0 Å². The summed E-state index contributed by atoms with van der Waals surface area (Å²) in [5, 5.41) is 11.5. The van der Waals surface area contributed by atoms with E-state index >= 15 is 0 Å². The average molecular weight is 180 g/mol. The standard InChI is InChI=1S/C9H10N2.CH3F/c1-11-7-9-4-2-8(6-10)3-5-9;1-2/h2-5,11H,7H2,1H3;1H3. The van der Waals surface area contributed by atoms with Crippen LogP contribution >= 0.6 is 0 Å². The van der Waals surface area contributed by atoms with Gasteiger partial charge < -0.3 is 5.32 Å². The summed E-state index contributed by atoms with van der Waals surface area (Å²) in [7, 11) is 2.40. The van der Waals surface area contributed by atoms with Gasteiger partial charge in [-0.05, 0) is 24.7 Å². The molecule has 0 spiro atoms. The zero-order valence-electron chi connectivity index (χ0n) is 7.84. The highest BCUT2D eigenvalue weighted by Gasteiger charge is 1.90. The van der Waals surface area contributed by atoms with E-state index in [0.717, 1.165) is 6.54 Å². The molecule has 13 heavy (non-hydrogen) atoms. The fourth-order valence-corrected chi connectivity index (χ4v) is 0.901. The van der Waals surface area contributed by atoms with Gasteiger partial charge in [-0.1, -0.05) is 12.1 Å². The lowest BCUT2D eigenvalue weighted by Gasteiger charge is -1.97. The van der Waals surface area contributed by atoms with Crippen LogP contribution in [0.1, 0.15) is 11.1 Å². The maximum Gasteiger partial charge on any atom is 0.0991 e. The van der Waals surface area contributed by atoms with Crippen molar-refractivity contribution in [2.45, 2.75) is 6.54 Å². The van der Waals surface area contributed by atoms with Crippen LogP contribution in [0.15, 0.2) is 24.3 Å². The summed E-state index contributed by atoms with van der Waals surface area (Å²) in [5.41, 5.74) is 1.91. The van der Waals surface area contributed by atoms with E-state index in [1.807, 2.05) is 31.3 Å². The molecule has 1 N–H and O–H groups in total. The maximum absolute atomic E-state index is 9.50. The van der Waals surface area contributed by atoms with Crippen molar-refractivity contribution in [3.05, 3.63) is 35.4 Å². The second kappa shape index (κ2) is 7.26. The summed E-state index contributed by atoms with van der Waals surface area (Å²) < 4.78 is 9.50. The molecular weight excluding hydrogens is 167 g/mol. The number of nitriles is 1. The van der Waals surface area contributed by atoms with Crippen LogP contribution in [0.2, 0.25) is 0 Å².